The van der Waals surface area contributed by atoms with Crippen molar-refractivity contribution in [3.05, 3.63) is 0 Å². The molecule has 0 bridgehead atoms. The van der Waals surface area contributed by atoms with Crippen LogP contribution < -0.4 is 0 Å². The lowest BCUT2D eigenvalue weighted by Gasteiger charge is -2.21. The molecule has 0 aliphatic carbocycles. The third-order valence-corrected chi connectivity index (χ3v) is 22.6. The maximum absolute atomic E-state index is 13.2. The first-order valence-electron chi connectivity index (χ1n) is 45.5. The van der Waals surface area contributed by atoms with Gasteiger partial charge in [-0.2, -0.15) is 0 Å². The molecular weight excluding hydrogens is 1390 g/mol. The molecule has 0 spiro atoms. The summed E-state index contributed by atoms with van der Waals surface area (Å²) in [5.41, 5.74) is 0. The maximum Gasteiger partial charge on any atom is 0.472 e. The van der Waals surface area contributed by atoms with E-state index in [-0.39, 0.29) is 25.7 Å². The van der Waals surface area contributed by atoms with Crippen LogP contribution in [-0.2, 0) is 65.4 Å². The molecule has 0 aromatic carbocycles. The van der Waals surface area contributed by atoms with Gasteiger partial charge in [0.2, 0.25) is 0 Å². The van der Waals surface area contributed by atoms with Crippen LogP contribution in [0, 0.1) is 11.8 Å². The standard InChI is InChI=1S/C88H172O17P2/c1-7-9-11-13-15-17-19-21-22-23-24-28-31-35-41-47-53-59-65-71-86(91)99-76-83(104-87(92)72-66-60-54-48-42-36-32-29-26-25-27-30-34-38-44-50-56-62-68-80(3)4)78-102-106(94,95)100-74-82(89)75-101-107(96,97)103-79-84(77-98-85(90)70-64-58-52-46-40-33-20-18-16-14-12-10-8-2)105-88(93)73-67-61-55-49-43-37-39-45-51-57-63-69-81(5)6/h80-84,89H,7-79H2,1-6H3,(H,94,95)(H,96,97)/t82-,83-,84-/m1/s1. The van der Waals surface area contributed by atoms with Gasteiger partial charge in [0.1, 0.15) is 19.3 Å². The summed E-state index contributed by atoms with van der Waals surface area (Å²) < 4.78 is 69.0. The van der Waals surface area contributed by atoms with Crippen LogP contribution in [0.1, 0.15) is 472 Å². The van der Waals surface area contributed by atoms with Crippen molar-refractivity contribution < 1.29 is 80.2 Å². The van der Waals surface area contributed by atoms with Gasteiger partial charge >= 0.3 is 39.5 Å². The van der Waals surface area contributed by atoms with Crippen LogP contribution >= 0.6 is 15.6 Å². The van der Waals surface area contributed by atoms with Gasteiger partial charge in [0.05, 0.1) is 26.4 Å². The highest BCUT2D eigenvalue weighted by Gasteiger charge is 2.30. The van der Waals surface area contributed by atoms with E-state index in [1.807, 2.05) is 0 Å². The van der Waals surface area contributed by atoms with Crippen LogP contribution in [0.25, 0.3) is 0 Å². The SMILES string of the molecule is CCCCCCCCCCCCCCCCCCCCCC(=O)OC[C@H](COP(=O)(O)OC[C@@H](O)COP(=O)(O)OC[C@@H](COC(=O)CCCCCCCCCCCCCCC)OC(=O)CCCCCCCCCCCCCC(C)C)OC(=O)CCCCCCCCCCCCCCCCCCCCC(C)C. The number of carbonyl (C=O) groups is 4. The summed E-state index contributed by atoms with van der Waals surface area (Å²) in [5, 5.41) is 10.7. The Hall–Kier alpha value is -1.94. The average molecular weight is 1560 g/mol. The zero-order valence-corrected chi connectivity index (χ0v) is 72.2. The minimum Gasteiger partial charge on any atom is -0.462 e. The molecule has 0 saturated heterocycles. The number of aliphatic hydroxyl groups is 1. The Morgan fingerprint density at radius 3 is 0.636 bits per heavy atom. The Balaban J connectivity index is 5.25. The van der Waals surface area contributed by atoms with Crippen molar-refractivity contribution in [3.63, 3.8) is 0 Å². The summed E-state index contributed by atoms with van der Waals surface area (Å²) in [6.45, 7) is 9.72. The molecule has 107 heavy (non-hydrogen) atoms. The van der Waals surface area contributed by atoms with Gasteiger partial charge in [0, 0.05) is 25.7 Å². The van der Waals surface area contributed by atoms with Gasteiger partial charge in [0.25, 0.3) is 0 Å². The molecule has 0 rings (SSSR count). The van der Waals surface area contributed by atoms with Gasteiger partial charge in [-0.1, -0.05) is 420 Å². The van der Waals surface area contributed by atoms with Gasteiger partial charge < -0.3 is 33.8 Å². The van der Waals surface area contributed by atoms with Gasteiger partial charge in [-0.3, -0.25) is 37.3 Å². The highest BCUT2D eigenvalue weighted by Crippen LogP contribution is 2.45. The number of phosphoric acid groups is 2. The molecule has 19 heteroatoms. The molecule has 636 valence electrons. The van der Waals surface area contributed by atoms with E-state index in [0.29, 0.717) is 25.7 Å². The van der Waals surface area contributed by atoms with Gasteiger partial charge in [0.15, 0.2) is 12.2 Å². The fourth-order valence-corrected chi connectivity index (χ4v) is 15.4. The Bertz CT molecular complexity index is 2050. The molecule has 17 nitrogen and oxygen atoms in total. The molecular formula is C88H172O17P2. The van der Waals surface area contributed by atoms with Crippen molar-refractivity contribution in [1.82, 2.24) is 0 Å². The molecule has 2 unspecified atom stereocenters. The molecule has 3 N–H and O–H groups in total. The predicted molar refractivity (Wildman–Crippen MR) is 442 cm³/mol. The van der Waals surface area contributed by atoms with Crippen molar-refractivity contribution in [1.29, 1.82) is 0 Å². The number of aliphatic hydroxyl groups excluding tert-OH is 1. The monoisotopic (exact) mass is 1560 g/mol. The quantitative estimate of drug-likeness (QED) is 0.0222. The summed E-state index contributed by atoms with van der Waals surface area (Å²) >= 11 is 0. The second-order valence-corrected chi connectivity index (χ2v) is 35.5. The molecule has 0 aliphatic heterocycles. The first-order chi connectivity index (χ1) is 51.9. The largest absolute Gasteiger partial charge is 0.472 e. The zero-order valence-electron chi connectivity index (χ0n) is 70.5. The van der Waals surface area contributed by atoms with E-state index >= 15 is 0 Å². The second kappa shape index (κ2) is 79.3. The van der Waals surface area contributed by atoms with Crippen molar-refractivity contribution in [2.45, 2.75) is 490 Å². The number of ether oxygens (including phenoxy) is 4. The summed E-state index contributed by atoms with van der Waals surface area (Å²) in [6.07, 6.45) is 72.2. The lowest BCUT2D eigenvalue weighted by molar-refractivity contribution is -0.161. The van der Waals surface area contributed by atoms with Crippen LogP contribution in [0.2, 0.25) is 0 Å². The lowest BCUT2D eigenvalue weighted by atomic mass is 10.0. The third kappa shape index (κ3) is 81.9. The van der Waals surface area contributed by atoms with Gasteiger partial charge in [-0.25, -0.2) is 9.13 Å². The van der Waals surface area contributed by atoms with Crippen molar-refractivity contribution in [3.8, 4) is 0 Å². The molecule has 0 amide bonds. The second-order valence-electron chi connectivity index (χ2n) is 32.6. The fourth-order valence-electron chi connectivity index (χ4n) is 13.8. The number of carbonyl (C=O) groups excluding carboxylic acids is 4. The lowest BCUT2D eigenvalue weighted by Crippen LogP contribution is -2.30. The molecule has 0 fully saturated rings. The maximum atomic E-state index is 13.2. The molecule has 5 atom stereocenters. The van der Waals surface area contributed by atoms with Crippen molar-refractivity contribution >= 4 is 39.5 Å². The van der Waals surface area contributed by atoms with Gasteiger partial charge in [-0.15, -0.1) is 0 Å². The predicted octanol–water partition coefficient (Wildman–Crippen LogP) is 27.0. The van der Waals surface area contributed by atoms with E-state index in [9.17, 15) is 43.2 Å². The Labute approximate surface area is 658 Å². The summed E-state index contributed by atoms with van der Waals surface area (Å²) in [6, 6.07) is 0. The average Bonchev–Trinajstić information content (AvgIpc) is 0.903. The normalized spacial score (nSPS) is 13.8. The van der Waals surface area contributed by atoms with Crippen LogP contribution in [0.15, 0.2) is 0 Å². The summed E-state index contributed by atoms with van der Waals surface area (Å²) in [7, 11) is -9.93. The van der Waals surface area contributed by atoms with Crippen molar-refractivity contribution in [2.24, 2.45) is 11.8 Å². The Morgan fingerprint density at radius 1 is 0.252 bits per heavy atom. The third-order valence-electron chi connectivity index (χ3n) is 20.7. The number of unbranched alkanes of at least 4 members (excludes halogenated alkanes) is 57. The smallest absolute Gasteiger partial charge is 0.462 e. The molecule has 0 radical (unpaired) electrons. The fraction of sp³-hybridized carbons (Fsp3) is 0.955. The minimum atomic E-state index is -4.97. The first kappa shape index (κ1) is 105. The minimum absolute atomic E-state index is 0.107. The molecule has 0 aliphatic rings. The highest BCUT2D eigenvalue weighted by atomic mass is 31.2. The first-order valence-corrected chi connectivity index (χ1v) is 48.5. The Kier molecular flexibility index (Phi) is 77.9. The number of hydrogen-bond donors (Lipinski definition) is 3. The van der Waals surface area contributed by atoms with E-state index in [1.54, 1.807) is 0 Å². The van der Waals surface area contributed by atoms with E-state index in [2.05, 4.69) is 41.5 Å². The molecule has 0 heterocycles. The van der Waals surface area contributed by atoms with Crippen LogP contribution in [-0.4, -0.2) is 96.7 Å². The van der Waals surface area contributed by atoms with Crippen LogP contribution in [0.5, 0.6) is 0 Å². The van der Waals surface area contributed by atoms with E-state index in [4.69, 9.17) is 37.0 Å². The number of phosphoric ester groups is 2. The van der Waals surface area contributed by atoms with Crippen LogP contribution in [0.3, 0.4) is 0 Å². The van der Waals surface area contributed by atoms with Crippen LogP contribution in [0.4, 0.5) is 0 Å². The molecule has 0 saturated carbocycles. The number of hydrogen-bond acceptors (Lipinski definition) is 15. The topological polar surface area (TPSA) is 237 Å². The van der Waals surface area contributed by atoms with Gasteiger partial charge in [-0.05, 0) is 37.5 Å². The summed E-state index contributed by atoms with van der Waals surface area (Å²) in [4.78, 5) is 73.3. The van der Waals surface area contributed by atoms with E-state index in [0.717, 1.165) is 102 Å². The van der Waals surface area contributed by atoms with E-state index < -0.39 is 97.5 Å². The molecule has 0 aromatic heterocycles. The van der Waals surface area contributed by atoms with Crippen molar-refractivity contribution in [2.75, 3.05) is 39.6 Å². The zero-order chi connectivity index (χ0) is 78.5. The number of esters is 4. The number of rotatable bonds is 87. The summed E-state index contributed by atoms with van der Waals surface area (Å²) in [5.74, 6) is -0.512. The Morgan fingerprint density at radius 2 is 0.430 bits per heavy atom. The van der Waals surface area contributed by atoms with E-state index in [1.165, 1.54) is 289 Å². The molecule has 0 aromatic rings. The highest BCUT2D eigenvalue weighted by molar-refractivity contribution is 7.47.